The molecule has 3 fully saturated rings. The van der Waals surface area contributed by atoms with Crippen LogP contribution in [0.3, 0.4) is 0 Å². The van der Waals surface area contributed by atoms with Gasteiger partial charge in [-0.3, -0.25) is 9.59 Å². The van der Waals surface area contributed by atoms with Crippen LogP contribution in [0.25, 0.3) is 0 Å². The highest BCUT2D eigenvalue weighted by atomic mass is 16.2. The fourth-order valence-corrected chi connectivity index (χ4v) is 4.96. The molecule has 4 rings (SSSR count). The number of nitrogens with zero attached hydrogens (tertiary/aromatic N) is 3. The van der Waals surface area contributed by atoms with E-state index < -0.39 is 12.1 Å². The number of amides is 4. The average Bonchev–Trinajstić information content (AvgIpc) is 3.28. The molecular weight excluding hydrogens is 356 g/mol. The van der Waals surface area contributed by atoms with Crippen molar-refractivity contribution in [2.24, 2.45) is 11.1 Å². The molecule has 150 valence electrons. The minimum atomic E-state index is -0.512. The van der Waals surface area contributed by atoms with Crippen LogP contribution in [0, 0.1) is 5.41 Å². The van der Waals surface area contributed by atoms with Crippen molar-refractivity contribution in [2.75, 3.05) is 26.2 Å². The number of hydrogen-bond acceptors (Lipinski definition) is 3. The number of piperidine rings is 1. The van der Waals surface area contributed by atoms with E-state index in [-0.39, 0.29) is 17.2 Å². The Bertz CT molecular complexity index is 758. The zero-order valence-corrected chi connectivity index (χ0v) is 16.2. The van der Waals surface area contributed by atoms with E-state index in [1.165, 1.54) is 4.90 Å². The van der Waals surface area contributed by atoms with Gasteiger partial charge in [0.2, 0.25) is 11.8 Å². The lowest BCUT2D eigenvalue weighted by atomic mass is 9.77. The van der Waals surface area contributed by atoms with Crippen molar-refractivity contribution in [3.8, 4) is 0 Å². The molecule has 1 atom stereocenters. The van der Waals surface area contributed by atoms with Crippen molar-refractivity contribution in [2.45, 2.75) is 44.7 Å². The molecule has 0 bridgehead atoms. The van der Waals surface area contributed by atoms with E-state index in [0.29, 0.717) is 39.0 Å². The predicted octanol–water partition coefficient (Wildman–Crippen LogP) is 1.57. The van der Waals surface area contributed by atoms with Gasteiger partial charge < -0.3 is 20.4 Å². The first-order valence-corrected chi connectivity index (χ1v) is 10.1. The third-order valence-corrected chi connectivity index (χ3v) is 6.58. The second-order valence-corrected chi connectivity index (χ2v) is 8.43. The van der Waals surface area contributed by atoms with Crippen molar-refractivity contribution in [3.05, 3.63) is 35.9 Å². The molecule has 0 aromatic heterocycles. The summed E-state index contributed by atoms with van der Waals surface area (Å²) in [6.07, 6.45) is 3.74. The summed E-state index contributed by atoms with van der Waals surface area (Å²) in [5, 5.41) is 0. The monoisotopic (exact) mass is 384 g/mol. The first-order valence-electron chi connectivity index (χ1n) is 10.1. The number of rotatable bonds is 3. The van der Waals surface area contributed by atoms with E-state index in [2.05, 4.69) is 0 Å². The van der Waals surface area contributed by atoms with Crippen molar-refractivity contribution >= 4 is 17.8 Å². The summed E-state index contributed by atoms with van der Waals surface area (Å²) in [7, 11) is 0. The summed E-state index contributed by atoms with van der Waals surface area (Å²) in [4.78, 5) is 42.3. The summed E-state index contributed by atoms with van der Waals surface area (Å²) in [5.41, 5.74) is 6.54. The number of hydrogen-bond donors (Lipinski definition) is 1. The first kappa shape index (κ1) is 18.8. The van der Waals surface area contributed by atoms with Gasteiger partial charge in [-0.2, -0.15) is 0 Å². The lowest BCUT2D eigenvalue weighted by Gasteiger charge is -2.40. The Balaban J connectivity index is 1.35. The lowest BCUT2D eigenvalue weighted by Crippen LogP contribution is -2.52. The van der Waals surface area contributed by atoms with Crippen LogP contribution in [0.5, 0.6) is 0 Å². The zero-order chi connectivity index (χ0) is 19.7. The second kappa shape index (κ2) is 7.45. The highest BCUT2D eigenvalue weighted by Gasteiger charge is 2.46. The Hall–Kier alpha value is -2.57. The Morgan fingerprint density at radius 2 is 1.82 bits per heavy atom. The van der Waals surface area contributed by atoms with Gasteiger partial charge in [-0.05, 0) is 31.2 Å². The van der Waals surface area contributed by atoms with Crippen molar-refractivity contribution in [1.29, 1.82) is 0 Å². The van der Waals surface area contributed by atoms with Crippen LogP contribution in [-0.4, -0.2) is 64.8 Å². The fraction of sp³-hybridized carbons (Fsp3) is 0.571. The number of likely N-dealkylation sites (tertiary alicyclic amines) is 3. The van der Waals surface area contributed by atoms with E-state index in [4.69, 9.17) is 5.73 Å². The topological polar surface area (TPSA) is 87.0 Å². The van der Waals surface area contributed by atoms with Gasteiger partial charge in [0.25, 0.3) is 0 Å². The molecule has 3 aliphatic heterocycles. The van der Waals surface area contributed by atoms with E-state index in [1.54, 1.807) is 0 Å². The third kappa shape index (κ3) is 3.57. The summed E-state index contributed by atoms with van der Waals surface area (Å²) >= 11 is 0. The molecule has 2 N–H and O–H groups in total. The Morgan fingerprint density at radius 3 is 2.50 bits per heavy atom. The normalized spacial score (nSPS) is 24.2. The second-order valence-electron chi connectivity index (χ2n) is 8.43. The summed E-state index contributed by atoms with van der Waals surface area (Å²) in [5.74, 6) is 0.218. The molecule has 1 aromatic rings. The lowest BCUT2D eigenvalue weighted by molar-refractivity contribution is -0.137. The van der Waals surface area contributed by atoms with Crippen LogP contribution >= 0.6 is 0 Å². The number of carbonyl (C=O) groups excluding carboxylic acids is 3. The van der Waals surface area contributed by atoms with Gasteiger partial charge in [-0.25, -0.2) is 4.79 Å². The predicted molar refractivity (Wildman–Crippen MR) is 104 cm³/mol. The van der Waals surface area contributed by atoms with E-state index >= 15 is 0 Å². The number of nitrogens with two attached hydrogens (primary N) is 1. The van der Waals surface area contributed by atoms with Gasteiger partial charge in [-0.15, -0.1) is 0 Å². The SMILES string of the molecule is NC(=O)N1CCCC1C(=O)N1CCC2(CC1)CC(=O)N(Cc1ccccc1)C2. The average molecular weight is 384 g/mol. The molecule has 1 aromatic carbocycles. The smallest absolute Gasteiger partial charge is 0.315 e. The minimum absolute atomic E-state index is 0.0108. The van der Waals surface area contributed by atoms with Crippen LogP contribution in [0.2, 0.25) is 0 Å². The van der Waals surface area contributed by atoms with Gasteiger partial charge in [0, 0.05) is 44.6 Å². The zero-order valence-electron chi connectivity index (χ0n) is 16.2. The van der Waals surface area contributed by atoms with Gasteiger partial charge >= 0.3 is 6.03 Å². The van der Waals surface area contributed by atoms with Crippen LogP contribution in [0.4, 0.5) is 4.79 Å². The molecule has 3 heterocycles. The van der Waals surface area contributed by atoms with E-state index in [0.717, 1.165) is 31.4 Å². The Labute approximate surface area is 165 Å². The van der Waals surface area contributed by atoms with Crippen molar-refractivity contribution in [1.82, 2.24) is 14.7 Å². The van der Waals surface area contributed by atoms with Crippen LogP contribution in [0.15, 0.2) is 30.3 Å². The molecule has 0 aliphatic carbocycles. The maximum atomic E-state index is 12.9. The maximum absolute atomic E-state index is 12.9. The quantitative estimate of drug-likeness (QED) is 0.858. The van der Waals surface area contributed by atoms with E-state index in [1.807, 2.05) is 40.1 Å². The molecule has 7 heteroatoms. The van der Waals surface area contributed by atoms with Crippen LogP contribution < -0.4 is 5.73 Å². The molecule has 3 saturated heterocycles. The highest BCUT2D eigenvalue weighted by molar-refractivity contribution is 5.87. The Kier molecular flexibility index (Phi) is 5.00. The van der Waals surface area contributed by atoms with Gasteiger partial charge in [0.05, 0.1) is 0 Å². The summed E-state index contributed by atoms with van der Waals surface area (Å²) in [6.45, 7) is 3.27. The number of benzene rings is 1. The molecule has 4 amide bonds. The molecular formula is C21H28N4O3. The molecule has 1 unspecified atom stereocenters. The van der Waals surface area contributed by atoms with Crippen LogP contribution in [-0.2, 0) is 16.1 Å². The van der Waals surface area contributed by atoms with Gasteiger partial charge in [0.15, 0.2) is 0 Å². The largest absolute Gasteiger partial charge is 0.351 e. The highest BCUT2D eigenvalue weighted by Crippen LogP contribution is 2.41. The van der Waals surface area contributed by atoms with Crippen molar-refractivity contribution in [3.63, 3.8) is 0 Å². The molecule has 7 nitrogen and oxygen atoms in total. The summed E-state index contributed by atoms with van der Waals surface area (Å²) in [6, 6.07) is 9.14. The standard InChI is InChI=1S/C21H28N4O3/c22-20(28)25-10-4-7-17(25)19(27)23-11-8-21(9-12-23)13-18(26)24(15-21)14-16-5-2-1-3-6-16/h1-3,5-6,17H,4,7-15H2,(H2,22,28). The van der Waals surface area contributed by atoms with Crippen LogP contribution in [0.1, 0.15) is 37.7 Å². The first-order chi connectivity index (χ1) is 13.5. The maximum Gasteiger partial charge on any atom is 0.315 e. The number of urea groups is 1. The number of carbonyl (C=O) groups is 3. The molecule has 28 heavy (non-hydrogen) atoms. The Morgan fingerprint density at radius 1 is 1.11 bits per heavy atom. The third-order valence-electron chi connectivity index (χ3n) is 6.58. The fourth-order valence-electron chi connectivity index (χ4n) is 4.96. The van der Waals surface area contributed by atoms with Gasteiger partial charge in [0.1, 0.15) is 6.04 Å². The van der Waals surface area contributed by atoms with E-state index in [9.17, 15) is 14.4 Å². The molecule has 0 saturated carbocycles. The molecule has 0 radical (unpaired) electrons. The molecule has 1 spiro atoms. The molecule has 3 aliphatic rings. The minimum Gasteiger partial charge on any atom is -0.351 e. The van der Waals surface area contributed by atoms with Crippen molar-refractivity contribution < 1.29 is 14.4 Å². The summed E-state index contributed by atoms with van der Waals surface area (Å²) < 4.78 is 0. The van der Waals surface area contributed by atoms with Gasteiger partial charge in [-0.1, -0.05) is 30.3 Å². The number of primary amides is 1.